The van der Waals surface area contributed by atoms with Gasteiger partial charge in [-0.15, -0.1) is 11.8 Å². The molecule has 0 saturated heterocycles. The minimum atomic E-state index is -0.232. The number of hydrogen-bond donors (Lipinski definition) is 0. The van der Waals surface area contributed by atoms with Crippen molar-refractivity contribution in [3.05, 3.63) is 46.1 Å². The summed E-state index contributed by atoms with van der Waals surface area (Å²) >= 11 is 1.42. The fourth-order valence-electron chi connectivity index (χ4n) is 2.47. The summed E-state index contributed by atoms with van der Waals surface area (Å²) in [6, 6.07) is 4.37. The van der Waals surface area contributed by atoms with E-state index in [1.54, 1.807) is 6.92 Å². The number of hydrogen-bond acceptors (Lipinski definition) is 6. The Hall–Kier alpha value is -1.82. The molecule has 0 aliphatic carbocycles. The molecule has 0 radical (unpaired) electrons. The van der Waals surface area contributed by atoms with Crippen LogP contribution in [0, 0.1) is 20.8 Å². The minimum Gasteiger partial charge on any atom is -0.460 e. The van der Waals surface area contributed by atoms with Crippen molar-refractivity contribution in [2.45, 2.75) is 59.3 Å². The van der Waals surface area contributed by atoms with Gasteiger partial charge >= 0.3 is 5.97 Å². The quantitative estimate of drug-likeness (QED) is 0.715. The number of carbonyl (C=O) groups is 1. The molecule has 0 aliphatic heterocycles. The number of rotatable bonds is 6. The largest absolute Gasteiger partial charge is 0.460 e. The van der Waals surface area contributed by atoms with E-state index in [1.807, 2.05) is 0 Å². The first kappa shape index (κ1) is 19.5. The number of ether oxygens (including phenoxy) is 1. The molecule has 1 aromatic heterocycles. The maximum Gasteiger partial charge on any atom is 0.316 e. The molecule has 0 fully saturated rings. The lowest BCUT2D eigenvalue weighted by Gasteiger charge is -2.22. The molecule has 6 heteroatoms. The SMILES string of the molecule is Cc1nc(CSCC(=O)OCc2c(C)cc(C(C)(C)C)cc2C)no1. The Morgan fingerprint density at radius 3 is 2.36 bits per heavy atom. The molecule has 1 heterocycles. The average molecular weight is 362 g/mol. The predicted molar refractivity (Wildman–Crippen MR) is 99.6 cm³/mol. The summed E-state index contributed by atoms with van der Waals surface area (Å²) in [5.74, 6) is 1.70. The van der Waals surface area contributed by atoms with Crippen molar-refractivity contribution in [2.75, 3.05) is 5.75 Å². The first-order valence-corrected chi connectivity index (χ1v) is 9.45. The van der Waals surface area contributed by atoms with Gasteiger partial charge in [-0.1, -0.05) is 38.1 Å². The van der Waals surface area contributed by atoms with Crippen LogP contribution in [0.4, 0.5) is 0 Å². The molecule has 2 rings (SSSR count). The van der Waals surface area contributed by atoms with Gasteiger partial charge in [0.05, 0.1) is 11.5 Å². The summed E-state index contributed by atoms with van der Waals surface area (Å²) in [4.78, 5) is 16.1. The Bertz CT molecular complexity index is 724. The summed E-state index contributed by atoms with van der Waals surface area (Å²) in [6.45, 7) is 12.8. The van der Waals surface area contributed by atoms with Gasteiger partial charge in [-0.2, -0.15) is 4.98 Å². The Balaban J connectivity index is 1.87. The Morgan fingerprint density at radius 2 is 1.84 bits per heavy atom. The van der Waals surface area contributed by atoms with E-state index in [4.69, 9.17) is 9.26 Å². The molecule has 5 nitrogen and oxygen atoms in total. The van der Waals surface area contributed by atoms with Gasteiger partial charge in [0, 0.05) is 6.92 Å². The van der Waals surface area contributed by atoms with Gasteiger partial charge in [0.25, 0.3) is 0 Å². The van der Waals surface area contributed by atoms with Crippen LogP contribution in [0.1, 0.15) is 54.7 Å². The van der Waals surface area contributed by atoms with Crippen LogP contribution in [0.2, 0.25) is 0 Å². The molecule has 0 unspecified atom stereocenters. The maximum atomic E-state index is 12.0. The summed E-state index contributed by atoms with van der Waals surface area (Å²) in [7, 11) is 0. The van der Waals surface area contributed by atoms with Crippen LogP contribution in [0.5, 0.6) is 0 Å². The molecule has 0 N–H and O–H groups in total. The van der Waals surface area contributed by atoms with Crippen LogP contribution in [0.15, 0.2) is 16.7 Å². The van der Waals surface area contributed by atoms with Gasteiger partial charge in [-0.3, -0.25) is 4.79 Å². The summed E-state index contributed by atoms with van der Waals surface area (Å²) < 4.78 is 10.3. The summed E-state index contributed by atoms with van der Waals surface area (Å²) in [6.07, 6.45) is 0. The lowest BCUT2D eigenvalue weighted by molar-refractivity contribution is -0.141. The summed E-state index contributed by atoms with van der Waals surface area (Å²) in [5, 5.41) is 3.80. The number of aromatic nitrogens is 2. The number of carbonyl (C=O) groups excluding carboxylic acids is 1. The number of aryl methyl sites for hydroxylation is 3. The topological polar surface area (TPSA) is 65.2 Å². The Kier molecular flexibility index (Phi) is 6.27. The van der Waals surface area contributed by atoms with Crippen molar-refractivity contribution in [1.29, 1.82) is 0 Å². The fourth-order valence-corrected chi connectivity index (χ4v) is 3.13. The zero-order valence-corrected chi connectivity index (χ0v) is 16.6. The predicted octanol–water partition coefficient (Wildman–Crippen LogP) is 4.27. The number of benzene rings is 1. The second-order valence-electron chi connectivity index (χ2n) is 7.22. The van der Waals surface area contributed by atoms with E-state index in [-0.39, 0.29) is 17.1 Å². The third-order valence-corrected chi connectivity index (χ3v) is 4.86. The van der Waals surface area contributed by atoms with Gasteiger partial charge in [0.15, 0.2) is 5.82 Å². The van der Waals surface area contributed by atoms with Gasteiger partial charge < -0.3 is 9.26 Å². The number of esters is 1. The van der Waals surface area contributed by atoms with Gasteiger partial charge in [0.2, 0.25) is 5.89 Å². The van der Waals surface area contributed by atoms with Crippen LogP contribution in [-0.2, 0) is 27.3 Å². The van der Waals surface area contributed by atoms with Crippen LogP contribution >= 0.6 is 11.8 Å². The van der Waals surface area contributed by atoms with Crippen LogP contribution in [-0.4, -0.2) is 21.9 Å². The number of thioether (sulfide) groups is 1. The van der Waals surface area contributed by atoms with Gasteiger partial charge in [-0.05, 0) is 41.5 Å². The number of nitrogens with zero attached hydrogens (tertiary/aromatic N) is 2. The monoisotopic (exact) mass is 362 g/mol. The molecular weight excluding hydrogens is 336 g/mol. The van der Waals surface area contributed by atoms with E-state index in [0.29, 0.717) is 24.1 Å². The molecule has 0 saturated carbocycles. The first-order valence-electron chi connectivity index (χ1n) is 8.30. The van der Waals surface area contributed by atoms with Crippen LogP contribution in [0.25, 0.3) is 0 Å². The summed E-state index contributed by atoms with van der Waals surface area (Å²) in [5.41, 5.74) is 4.80. The van der Waals surface area contributed by atoms with E-state index in [9.17, 15) is 4.79 Å². The highest BCUT2D eigenvalue weighted by atomic mass is 32.2. The highest BCUT2D eigenvalue weighted by Crippen LogP contribution is 2.27. The molecule has 25 heavy (non-hydrogen) atoms. The Morgan fingerprint density at radius 1 is 1.20 bits per heavy atom. The minimum absolute atomic E-state index is 0.106. The molecule has 0 aliphatic rings. The highest BCUT2D eigenvalue weighted by Gasteiger charge is 2.17. The van der Waals surface area contributed by atoms with Crippen molar-refractivity contribution in [3.8, 4) is 0 Å². The molecule has 0 spiro atoms. The average Bonchev–Trinajstić information content (AvgIpc) is 2.90. The Labute approximate surface area is 153 Å². The highest BCUT2D eigenvalue weighted by molar-refractivity contribution is 7.99. The van der Waals surface area contributed by atoms with Crippen molar-refractivity contribution >= 4 is 17.7 Å². The first-order chi connectivity index (χ1) is 11.7. The van der Waals surface area contributed by atoms with Crippen molar-refractivity contribution in [1.82, 2.24) is 10.1 Å². The molecule has 1 aromatic carbocycles. The van der Waals surface area contributed by atoms with E-state index >= 15 is 0 Å². The van der Waals surface area contributed by atoms with E-state index in [0.717, 1.165) is 16.7 Å². The van der Waals surface area contributed by atoms with Crippen LogP contribution in [0.3, 0.4) is 0 Å². The molecule has 0 amide bonds. The van der Waals surface area contributed by atoms with E-state index in [2.05, 4.69) is 56.9 Å². The van der Waals surface area contributed by atoms with Crippen molar-refractivity contribution in [2.24, 2.45) is 0 Å². The fraction of sp³-hybridized carbons (Fsp3) is 0.526. The molecule has 136 valence electrons. The molecule has 0 atom stereocenters. The third-order valence-electron chi connectivity index (χ3n) is 3.96. The molecule has 2 aromatic rings. The molecular formula is C19H26N2O3S. The third kappa shape index (κ3) is 5.59. The maximum absolute atomic E-state index is 12.0. The second-order valence-corrected chi connectivity index (χ2v) is 8.21. The van der Waals surface area contributed by atoms with Gasteiger partial charge in [-0.25, -0.2) is 0 Å². The standard InChI is InChI=1S/C19H26N2O3S/c1-12-7-15(19(4,5)6)8-13(2)16(12)9-23-18(22)11-25-10-17-20-14(3)24-21-17/h7-8H,9-11H2,1-6H3. The smallest absolute Gasteiger partial charge is 0.316 e. The van der Waals surface area contributed by atoms with Crippen LogP contribution < -0.4 is 0 Å². The van der Waals surface area contributed by atoms with E-state index < -0.39 is 0 Å². The second kappa shape index (κ2) is 8.04. The zero-order chi connectivity index (χ0) is 18.6. The van der Waals surface area contributed by atoms with Crippen molar-refractivity contribution in [3.63, 3.8) is 0 Å². The lowest BCUT2D eigenvalue weighted by Crippen LogP contribution is -2.14. The zero-order valence-electron chi connectivity index (χ0n) is 15.8. The van der Waals surface area contributed by atoms with Gasteiger partial charge in [0.1, 0.15) is 6.61 Å². The van der Waals surface area contributed by atoms with E-state index in [1.165, 1.54) is 17.3 Å². The van der Waals surface area contributed by atoms with Crippen molar-refractivity contribution < 1.29 is 14.1 Å². The molecule has 0 bridgehead atoms. The normalized spacial score (nSPS) is 11.6. The lowest BCUT2D eigenvalue weighted by atomic mass is 9.84.